The molecule has 2 atom stereocenters. The first-order chi connectivity index (χ1) is 9.73. The number of carboxylic acids is 1. The summed E-state index contributed by atoms with van der Waals surface area (Å²) < 4.78 is 43.8. The molecule has 0 saturated heterocycles. The van der Waals surface area contributed by atoms with E-state index >= 15 is 0 Å². The van der Waals surface area contributed by atoms with Crippen molar-refractivity contribution in [2.24, 2.45) is 5.92 Å². The van der Waals surface area contributed by atoms with Crippen LogP contribution in [0.4, 0.5) is 13.2 Å². The lowest BCUT2D eigenvalue weighted by atomic mass is 10.0. The zero-order valence-electron chi connectivity index (χ0n) is 11.4. The van der Waals surface area contributed by atoms with Crippen molar-refractivity contribution in [3.05, 3.63) is 29.3 Å². The first-order valence-corrected chi connectivity index (χ1v) is 6.83. The average molecular weight is 300 g/mol. The van der Waals surface area contributed by atoms with E-state index in [0.29, 0.717) is 18.4 Å². The van der Waals surface area contributed by atoms with Gasteiger partial charge in [0.05, 0.1) is 5.92 Å². The molecule has 0 aromatic heterocycles. The molecule has 0 radical (unpaired) electrons. The second kappa shape index (κ2) is 4.39. The fourth-order valence-corrected chi connectivity index (χ4v) is 2.62. The van der Waals surface area contributed by atoms with Crippen LogP contribution in [0, 0.1) is 12.8 Å². The van der Waals surface area contributed by atoms with Gasteiger partial charge in [-0.05, 0) is 36.5 Å². The molecule has 0 bridgehead atoms. The van der Waals surface area contributed by atoms with Crippen LogP contribution in [-0.2, 0) is 4.79 Å². The predicted molar refractivity (Wildman–Crippen MR) is 68.3 cm³/mol. The molecule has 21 heavy (non-hydrogen) atoms. The summed E-state index contributed by atoms with van der Waals surface area (Å²) in [6.07, 6.45) is -3.38. The topological polar surface area (TPSA) is 46.5 Å². The first kappa shape index (κ1) is 14.2. The number of aliphatic carboxylic acids is 1. The molecule has 114 valence electrons. The second-order valence-electron chi connectivity index (χ2n) is 5.93. The minimum Gasteiger partial charge on any atom is -0.478 e. The Labute approximate surface area is 119 Å². The number of halogens is 3. The van der Waals surface area contributed by atoms with Crippen molar-refractivity contribution in [2.75, 3.05) is 0 Å². The largest absolute Gasteiger partial charge is 0.478 e. The number of hydrogen-bond donors (Lipinski definition) is 1. The van der Waals surface area contributed by atoms with Gasteiger partial charge in [0.1, 0.15) is 5.75 Å². The van der Waals surface area contributed by atoms with Crippen LogP contribution in [0.25, 0.3) is 0 Å². The van der Waals surface area contributed by atoms with Gasteiger partial charge in [-0.3, -0.25) is 0 Å². The quantitative estimate of drug-likeness (QED) is 0.923. The van der Waals surface area contributed by atoms with Crippen LogP contribution in [0.15, 0.2) is 18.2 Å². The predicted octanol–water partition coefficient (Wildman–Crippen LogP) is 3.66. The highest BCUT2D eigenvalue weighted by Crippen LogP contribution is 2.58. The van der Waals surface area contributed by atoms with Gasteiger partial charge >= 0.3 is 12.1 Å². The van der Waals surface area contributed by atoms with Crippen molar-refractivity contribution < 1.29 is 27.8 Å². The summed E-state index contributed by atoms with van der Waals surface area (Å²) >= 11 is 0. The Morgan fingerprint density at radius 3 is 2.52 bits per heavy atom. The molecule has 2 aliphatic carbocycles. The molecule has 6 heteroatoms. The lowest BCUT2D eigenvalue weighted by molar-refractivity contribution is -0.149. The number of benzene rings is 1. The molecule has 2 saturated carbocycles. The number of rotatable bonds is 4. The van der Waals surface area contributed by atoms with E-state index in [0.717, 1.165) is 5.56 Å². The van der Waals surface area contributed by atoms with Crippen LogP contribution in [0.1, 0.15) is 36.3 Å². The van der Waals surface area contributed by atoms with E-state index in [2.05, 4.69) is 0 Å². The molecular weight excluding hydrogens is 285 g/mol. The number of carbonyl (C=O) groups is 1. The summed E-state index contributed by atoms with van der Waals surface area (Å²) in [6, 6.07) is 4.98. The highest BCUT2D eigenvalue weighted by atomic mass is 19.4. The number of alkyl halides is 3. The summed E-state index contributed by atoms with van der Waals surface area (Å²) in [7, 11) is 0. The van der Waals surface area contributed by atoms with E-state index in [1.165, 1.54) is 0 Å². The van der Waals surface area contributed by atoms with E-state index in [-0.39, 0.29) is 12.2 Å². The maximum absolute atomic E-state index is 12.7. The minimum absolute atomic E-state index is 0.0446. The normalized spacial score (nSPS) is 26.3. The molecule has 0 unspecified atom stereocenters. The van der Waals surface area contributed by atoms with Gasteiger partial charge < -0.3 is 9.84 Å². The fourth-order valence-electron chi connectivity index (χ4n) is 2.62. The molecule has 0 amide bonds. The summed E-state index contributed by atoms with van der Waals surface area (Å²) in [4.78, 5) is 11.2. The molecule has 2 aliphatic rings. The highest BCUT2D eigenvalue weighted by molar-refractivity contribution is 5.81. The van der Waals surface area contributed by atoms with Crippen molar-refractivity contribution in [3.8, 4) is 5.75 Å². The van der Waals surface area contributed by atoms with E-state index in [1.54, 1.807) is 25.1 Å². The Hall–Kier alpha value is -1.72. The van der Waals surface area contributed by atoms with Crippen LogP contribution in [0.3, 0.4) is 0 Å². The minimum atomic E-state index is -4.21. The lowest BCUT2D eigenvalue weighted by Gasteiger charge is -2.18. The zero-order chi connectivity index (χ0) is 15.4. The number of aryl methyl sites for hydroxylation is 1. The van der Waals surface area contributed by atoms with Gasteiger partial charge in [0.15, 0.2) is 0 Å². The molecule has 3 nitrogen and oxygen atoms in total. The number of hydrogen-bond acceptors (Lipinski definition) is 2. The van der Waals surface area contributed by atoms with Crippen molar-refractivity contribution in [1.29, 1.82) is 0 Å². The van der Waals surface area contributed by atoms with Crippen molar-refractivity contribution in [2.45, 2.75) is 43.9 Å². The maximum Gasteiger partial charge on any atom is 0.392 e. The van der Waals surface area contributed by atoms with E-state index < -0.39 is 29.6 Å². The molecule has 3 rings (SSSR count). The van der Waals surface area contributed by atoms with Gasteiger partial charge in [0.2, 0.25) is 5.60 Å². The zero-order valence-corrected chi connectivity index (χ0v) is 11.4. The van der Waals surface area contributed by atoms with Gasteiger partial charge in [-0.2, -0.15) is 13.2 Å². The smallest absolute Gasteiger partial charge is 0.392 e. The third kappa shape index (κ3) is 2.59. The monoisotopic (exact) mass is 300 g/mol. The molecule has 0 spiro atoms. The Morgan fingerprint density at radius 2 is 2.05 bits per heavy atom. The first-order valence-electron chi connectivity index (χ1n) is 6.83. The molecule has 1 aromatic rings. The van der Waals surface area contributed by atoms with E-state index in [9.17, 15) is 18.0 Å². The SMILES string of the molecule is Cc1ccc([C@@H]2C[C@H]2C(F)(F)F)c(OC2(C(=O)O)CC2)c1. The molecule has 2 fully saturated rings. The van der Waals surface area contributed by atoms with Crippen LogP contribution in [-0.4, -0.2) is 22.9 Å². The van der Waals surface area contributed by atoms with Crippen LogP contribution < -0.4 is 4.74 Å². The van der Waals surface area contributed by atoms with E-state index in [1.807, 2.05) is 0 Å². The summed E-state index contributed by atoms with van der Waals surface area (Å²) in [5, 5.41) is 9.16. The van der Waals surface area contributed by atoms with Crippen molar-refractivity contribution in [3.63, 3.8) is 0 Å². The van der Waals surface area contributed by atoms with E-state index in [4.69, 9.17) is 9.84 Å². The average Bonchev–Trinajstić information content (AvgIpc) is 3.21. The highest BCUT2D eigenvalue weighted by Gasteiger charge is 2.58. The Morgan fingerprint density at radius 1 is 1.38 bits per heavy atom. The summed E-state index contributed by atoms with van der Waals surface area (Å²) in [5.41, 5.74) is 0.0557. The Bertz CT molecular complexity index is 590. The molecule has 0 aliphatic heterocycles. The summed E-state index contributed by atoms with van der Waals surface area (Å²) in [5.74, 6) is -2.74. The summed E-state index contributed by atoms with van der Waals surface area (Å²) in [6.45, 7) is 1.80. The van der Waals surface area contributed by atoms with Crippen LogP contribution >= 0.6 is 0 Å². The Kier molecular flexibility index (Phi) is 2.97. The van der Waals surface area contributed by atoms with Crippen LogP contribution in [0.5, 0.6) is 5.75 Å². The standard InChI is InChI=1S/C15H15F3O3/c1-8-2-3-9(10-7-11(10)15(16,17)18)12(6-8)21-14(4-5-14)13(19)20/h2-3,6,10-11H,4-5,7H2,1H3,(H,19,20)/t10-,11+/m0/s1. The van der Waals surface area contributed by atoms with Crippen molar-refractivity contribution >= 4 is 5.97 Å². The third-order valence-electron chi connectivity index (χ3n) is 4.18. The third-order valence-corrected chi connectivity index (χ3v) is 4.18. The van der Waals surface area contributed by atoms with Gasteiger partial charge in [-0.1, -0.05) is 12.1 Å². The number of ether oxygens (including phenoxy) is 1. The van der Waals surface area contributed by atoms with Crippen molar-refractivity contribution in [1.82, 2.24) is 0 Å². The molecule has 0 heterocycles. The lowest BCUT2D eigenvalue weighted by Crippen LogP contribution is -2.29. The van der Waals surface area contributed by atoms with Gasteiger partial charge in [-0.25, -0.2) is 4.79 Å². The second-order valence-corrected chi connectivity index (χ2v) is 5.93. The van der Waals surface area contributed by atoms with Gasteiger partial charge in [0.25, 0.3) is 0 Å². The molecule has 1 N–H and O–H groups in total. The Balaban J connectivity index is 1.87. The van der Waals surface area contributed by atoms with Gasteiger partial charge in [0, 0.05) is 12.8 Å². The van der Waals surface area contributed by atoms with Gasteiger partial charge in [-0.15, -0.1) is 0 Å². The van der Waals surface area contributed by atoms with Crippen LogP contribution in [0.2, 0.25) is 0 Å². The number of carboxylic acid groups (broad SMARTS) is 1. The molecule has 1 aromatic carbocycles. The maximum atomic E-state index is 12.7. The molecular formula is C15H15F3O3. The fraction of sp³-hybridized carbons (Fsp3) is 0.533.